The summed E-state index contributed by atoms with van der Waals surface area (Å²) in [5.74, 6) is 0. The first-order chi connectivity index (χ1) is 11.3. The molecular formula is C22H19Hf. The molecule has 0 bridgehead atoms. The topological polar surface area (TPSA) is 0 Å². The van der Waals surface area contributed by atoms with Crippen LogP contribution in [0.2, 0.25) is 0 Å². The van der Waals surface area contributed by atoms with Crippen molar-refractivity contribution in [1.29, 1.82) is 0 Å². The van der Waals surface area contributed by atoms with Gasteiger partial charge in [0.25, 0.3) is 0 Å². The Balaban J connectivity index is 1.90. The standard InChI is InChI=1S/C22H19.Hf/c1-2-7-16-12-13-21(22-11-6-5-10-20(16)22)19-14-17-8-3-4-9-18(17)15-19;/h3-6,8-15H,2,7H2,1H3;. The van der Waals surface area contributed by atoms with Crippen LogP contribution in [0.4, 0.5) is 0 Å². The van der Waals surface area contributed by atoms with Gasteiger partial charge in [-0.25, -0.2) is 0 Å². The Hall–Kier alpha value is -1.47. The predicted octanol–water partition coefficient (Wildman–Crippen LogP) is 5.93. The fraction of sp³-hybridized carbons (Fsp3) is 0.182. The van der Waals surface area contributed by atoms with Crippen LogP contribution in [0.3, 0.4) is 0 Å². The summed E-state index contributed by atoms with van der Waals surface area (Å²) in [4.78, 5) is 0. The number of hydrogen-bond acceptors (Lipinski definition) is 0. The van der Waals surface area contributed by atoms with Gasteiger partial charge in [-0.05, 0) is 0 Å². The maximum absolute atomic E-state index is 2.41. The molecule has 0 saturated heterocycles. The minimum atomic E-state index is 0.603. The first-order valence-corrected chi connectivity index (χ1v) is 10.4. The Morgan fingerprint density at radius 1 is 0.870 bits per heavy atom. The van der Waals surface area contributed by atoms with E-state index in [1.807, 2.05) is 0 Å². The summed E-state index contributed by atoms with van der Waals surface area (Å²) in [5, 5.41) is 2.84. The van der Waals surface area contributed by atoms with Crippen molar-refractivity contribution in [3.63, 3.8) is 0 Å². The third-order valence-electron chi connectivity index (χ3n) is 4.77. The van der Waals surface area contributed by atoms with Gasteiger partial charge in [0.1, 0.15) is 0 Å². The van der Waals surface area contributed by atoms with Crippen LogP contribution < -0.4 is 0 Å². The van der Waals surface area contributed by atoms with Gasteiger partial charge in [-0.15, -0.1) is 0 Å². The molecule has 23 heavy (non-hydrogen) atoms. The molecule has 0 nitrogen and oxygen atoms in total. The van der Waals surface area contributed by atoms with E-state index in [1.165, 1.54) is 45.0 Å². The van der Waals surface area contributed by atoms with Crippen molar-refractivity contribution in [2.45, 2.75) is 23.4 Å². The van der Waals surface area contributed by atoms with Crippen molar-refractivity contribution in [2.75, 3.05) is 0 Å². The van der Waals surface area contributed by atoms with Crippen molar-refractivity contribution in [2.24, 2.45) is 0 Å². The van der Waals surface area contributed by atoms with Gasteiger partial charge in [0.2, 0.25) is 0 Å². The molecule has 0 radical (unpaired) electrons. The van der Waals surface area contributed by atoms with Crippen LogP contribution in [-0.2, 0) is 30.8 Å². The molecule has 1 aliphatic carbocycles. The minimum absolute atomic E-state index is 0.603. The van der Waals surface area contributed by atoms with Crippen LogP contribution in [0.1, 0.15) is 39.3 Å². The summed E-state index contributed by atoms with van der Waals surface area (Å²) in [7, 11) is 0. The van der Waals surface area contributed by atoms with Crippen LogP contribution in [0.25, 0.3) is 22.4 Å². The quantitative estimate of drug-likeness (QED) is 0.424. The third kappa shape index (κ3) is 2.55. The van der Waals surface area contributed by atoms with Crippen molar-refractivity contribution in [3.8, 4) is 0 Å². The Morgan fingerprint density at radius 2 is 1.61 bits per heavy atom. The number of fused-ring (bicyclic) bond motifs is 2. The van der Waals surface area contributed by atoms with Gasteiger partial charge in [0.05, 0.1) is 0 Å². The van der Waals surface area contributed by atoms with E-state index >= 15 is 0 Å². The first-order valence-electron chi connectivity index (χ1n) is 8.32. The molecular weight excluding hydrogens is 443 g/mol. The van der Waals surface area contributed by atoms with Crippen molar-refractivity contribution >= 4 is 22.4 Å². The van der Waals surface area contributed by atoms with Crippen LogP contribution in [0.15, 0.2) is 60.7 Å². The first kappa shape index (κ1) is 15.1. The second-order valence-electron chi connectivity index (χ2n) is 6.23. The molecule has 0 N–H and O–H groups in total. The summed E-state index contributed by atoms with van der Waals surface area (Å²) in [6, 6.07) is 22.5. The Kier molecular flexibility index (Phi) is 4.07. The van der Waals surface area contributed by atoms with E-state index in [9.17, 15) is 0 Å². The number of aryl methyl sites for hydroxylation is 1. The fourth-order valence-corrected chi connectivity index (χ4v) is 5.46. The molecule has 4 rings (SSSR count). The summed E-state index contributed by atoms with van der Waals surface area (Å²) < 4.78 is 0.603. The Labute approximate surface area is 152 Å². The summed E-state index contributed by atoms with van der Waals surface area (Å²) in [5.41, 5.74) is 7.33. The van der Waals surface area contributed by atoms with E-state index in [0.717, 1.165) is 30.8 Å². The third-order valence-corrected chi connectivity index (χ3v) is 7.01. The molecule has 1 unspecified atom stereocenters. The Bertz CT molecular complexity index is 905. The van der Waals surface area contributed by atoms with Gasteiger partial charge in [-0.1, -0.05) is 0 Å². The van der Waals surface area contributed by atoms with Gasteiger partial charge >= 0.3 is 153 Å². The molecule has 3 aromatic carbocycles. The summed E-state index contributed by atoms with van der Waals surface area (Å²) >= 11 is 1.15. The normalized spacial score (nSPS) is 16.3. The number of allylic oxidation sites excluding steroid dienone is 1. The van der Waals surface area contributed by atoms with Crippen molar-refractivity contribution < 1.29 is 24.4 Å². The molecule has 3 aromatic rings. The maximum atomic E-state index is 2.41. The van der Waals surface area contributed by atoms with Crippen molar-refractivity contribution in [1.82, 2.24) is 0 Å². The zero-order valence-electron chi connectivity index (χ0n) is 13.3. The number of rotatable bonds is 3. The van der Waals surface area contributed by atoms with E-state index in [4.69, 9.17) is 0 Å². The zero-order valence-corrected chi connectivity index (χ0v) is 16.9. The van der Waals surface area contributed by atoms with Crippen molar-refractivity contribution in [3.05, 3.63) is 82.9 Å². The Morgan fingerprint density at radius 3 is 2.39 bits per heavy atom. The van der Waals surface area contributed by atoms with E-state index in [1.54, 1.807) is 0 Å². The van der Waals surface area contributed by atoms with Crippen LogP contribution in [-0.4, -0.2) is 0 Å². The van der Waals surface area contributed by atoms with Gasteiger partial charge in [-0.2, -0.15) is 0 Å². The van der Waals surface area contributed by atoms with E-state index in [-0.39, 0.29) is 0 Å². The van der Waals surface area contributed by atoms with Gasteiger partial charge in [0, 0.05) is 0 Å². The molecule has 0 heterocycles. The van der Waals surface area contributed by atoms with Gasteiger partial charge < -0.3 is 0 Å². The molecule has 0 fully saturated rings. The molecule has 1 atom stereocenters. The second kappa shape index (κ2) is 6.20. The average molecular weight is 462 g/mol. The summed E-state index contributed by atoms with van der Waals surface area (Å²) in [6.07, 6.45) is 4.76. The molecule has 111 valence electrons. The fourth-order valence-electron chi connectivity index (χ4n) is 3.66. The van der Waals surface area contributed by atoms with E-state index in [0.29, 0.717) is 3.67 Å². The molecule has 0 saturated carbocycles. The van der Waals surface area contributed by atoms with Gasteiger partial charge in [-0.3, -0.25) is 0 Å². The van der Waals surface area contributed by atoms with E-state index < -0.39 is 0 Å². The zero-order chi connectivity index (χ0) is 15.8. The monoisotopic (exact) mass is 463 g/mol. The number of hydrogen-bond donors (Lipinski definition) is 0. The average Bonchev–Trinajstić information content (AvgIpc) is 2.93. The molecule has 0 amide bonds. The molecule has 0 aromatic heterocycles. The molecule has 1 heteroatoms. The van der Waals surface area contributed by atoms with Crippen LogP contribution in [0.5, 0.6) is 0 Å². The van der Waals surface area contributed by atoms with E-state index in [2.05, 4.69) is 73.7 Å². The van der Waals surface area contributed by atoms with Crippen LogP contribution in [0, 0.1) is 0 Å². The number of benzene rings is 3. The van der Waals surface area contributed by atoms with Gasteiger partial charge in [0.15, 0.2) is 0 Å². The predicted molar refractivity (Wildman–Crippen MR) is 95.0 cm³/mol. The summed E-state index contributed by atoms with van der Waals surface area (Å²) in [6.45, 7) is 2.26. The SMILES string of the molecule is CCCc1ccc(C2=Cc3ccccc3[CH]2[Hf])c2ccccc12. The molecule has 1 aliphatic rings. The molecule has 0 spiro atoms. The second-order valence-corrected chi connectivity index (χ2v) is 8.30. The molecule has 0 aliphatic heterocycles. The van der Waals surface area contributed by atoms with Crippen LogP contribution >= 0.6 is 0 Å².